The third-order valence-corrected chi connectivity index (χ3v) is 4.21. The summed E-state index contributed by atoms with van der Waals surface area (Å²) in [6, 6.07) is 6.40. The average molecular weight is 272 g/mol. The minimum absolute atomic E-state index is 0.252. The molecule has 96 valence electrons. The van der Waals surface area contributed by atoms with Crippen molar-refractivity contribution in [3.8, 4) is 0 Å². The van der Waals surface area contributed by atoms with Crippen LogP contribution in [0, 0.1) is 0 Å². The third kappa shape index (κ3) is 5.33. The fourth-order valence-corrected chi connectivity index (χ4v) is 3.02. The molecule has 0 aliphatic carbocycles. The van der Waals surface area contributed by atoms with Gasteiger partial charge in [0.1, 0.15) is 0 Å². The number of rotatable bonds is 7. The number of halogens is 1. The first-order valence-electron chi connectivity index (χ1n) is 6.34. The van der Waals surface area contributed by atoms with Gasteiger partial charge in [-0.3, -0.25) is 0 Å². The van der Waals surface area contributed by atoms with E-state index in [1.54, 1.807) is 0 Å². The predicted molar refractivity (Wildman–Crippen MR) is 79.1 cm³/mol. The highest BCUT2D eigenvalue weighted by Gasteiger charge is 2.08. The van der Waals surface area contributed by atoms with Crippen molar-refractivity contribution in [3.63, 3.8) is 0 Å². The van der Waals surface area contributed by atoms with Gasteiger partial charge in [0.2, 0.25) is 0 Å². The van der Waals surface area contributed by atoms with Crippen molar-refractivity contribution >= 4 is 23.4 Å². The Bertz CT molecular complexity index is 341. The molecule has 0 bridgehead atoms. The van der Waals surface area contributed by atoms with Crippen molar-refractivity contribution in [2.45, 2.75) is 50.5 Å². The summed E-state index contributed by atoms with van der Waals surface area (Å²) in [6.07, 6.45) is 4.44. The molecule has 0 saturated heterocycles. The van der Waals surface area contributed by atoms with E-state index in [0.717, 1.165) is 23.6 Å². The monoisotopic (exact) mass is 271 g/mol. The van der Waals surface area contributed by atoms with Crippen LogP contribution in [0.2, 0.25) is 5.02 Å². The highest BCUT2D eigenvalue weighted by molar-refractivity contribution is 7.99. The maximum absolute atomic E-state index is 6.06. The van der Waals surface area contributed by atoms with Crippen LogP contribution in [-0.2, 0) is 6.42 Å². The minimum Gasteiger partial charge on any atom is -0.327 e. The topological polar surface area (TPSA) is 26.0 Å². The third-order valence-electron chi connectivity index (χ3n) is 2.79. The van der Waals surface area contributed by atoms with Crippen molar-refractivity contribution in [3.05, 3.63) is 28.8 Å². The lowest BCUT2D eigenvalue weighted by Gasteiger charge is -2.13. The molecular weight excluding hydrogens is 250 g/mol. The van der Waals surface area contributed by atoms with E-state index in [0.29, 0.717) is 0 Å². The quantitative estimate of drug-likeness (QED) is 0.583. The second-order valence-corrected chi connectivity index (χ2v) is 5.90. The molecule has 0 aliphatic rings. The van der Waals surface area contributed by atoms with Gasteiger partial charge >= 0.3 is 0 Å². The summed E-state index contributed by atoms with van der Waals surface area (Å²) >= 11 is 7.95. The summed E-state index contributed by atoms with van der Waals surface area (Å²) in [7, 11) is 0. The second-order valence-electron chi connectivity index (χ2n) is 4.33. The maximum atomic E-state index is 6.06. The van der Waals surface area contributed by atoms with E-state index in [1.807, 2.05) is 17.8 Å². The Morgan fingerprint density at radius 2 is 2.12 bits per heavy atom. The smallest absolute Gasteiger partial charge is 0.0417 e. The Hall–Kier alpha value is -0.180. The Balaban J connectivity index is 2.72. The van der Waals surface area contributed by atoms with Gasteiger partial charge in [-0.05, 0) is 42.7 Å². The summed E-state index contributed by atoms with van der Waals surface area (Å²) in [6.45, 7) is 4.34. The molecule has 1 aromatic carbocycles. The largest absolute Gasteiger partial charge is 0.327 e. The van der Waals surface area contributed by atoms with E-state index < -0.39 is 0 Å². The first-order chi connectivity index (χ1) is 8.17. The van der Waals surface area contributed by atoms with E-state index in [4.69, 9.17) is 17.3 Å². The van der Waals surface area contributed by atoms with Gasteiger partial charge in [0.25, 0.3) is 0 Å². The molecule has 0 fully saturated rings. The first-order valence-corrected chi connectivity index (χ1v) is 7.70. The molecule has 1 atom stereocenters. The summed E-state index contributed by atoms with van der Waals surface area (Å²) in [5.41, 5.74) is 7.36. The van der Waals surface area contributed by atoms with E-state index in [1.165, 1.54) is 23.3 Å². The molecule has 2 N–H and O–H groups in total. The number of hydrogen-bond donors (Lipinski definition) is 1. The molecule has 0 saturated carbocycles. The Labute approximate surface area is 114 Å². The van der Waals surface area contributed by atoms with Crippen molar-refractivity contribution in [1.82, 2.24) is 0 Å². The van der Waals surface area contributed by atoms with Crippen LogP contribution in [0.4, 0.5) is 0 Å². The number of thioether (sulfide) groups is 1. The molecule has 1 aromatic rings. The fraction of sp³-hybridized carbons (Fsp3) is 0.571. The highest BCUT2D eigenvalue weighted by Crippen LogP contribution is 2.28. The number of unbranched alkanes of at least 4 members (excludes halogenated alkanes) is 1. The zero-order valence-corrected chi connectivity index (χ0v) is 12.3. The minimum atomic E-state index is 0.252. The molecule has 1 rings (SSSR count). The summed E-state index contributed by atoms with van der Waals surface area (Å²) in [5, 5.41) is 0.817. The number of nitrogens with two attached hydrogens (primary N) is 1. The van der Waals surface area contributed by atoms with Crippen LogP contribution in [0.25, 0.3) is 0 Å². The maximum Gasteiger partial charge on any atom is 0.0417 e. The molecule has 1 unspecified atom stereocenters. The van der Waals surface area contributed by atoms with E-state index in [9.17, 15) is 0 Å². The molecule has 3 heteroatoms. The molecular formula is C14H22ClNS. The van der Waals surface area contributed by atoms with E-state index in [2.05, 4.69) is 26.0 Å². The van der Waals surface area contributed by atoms with E-state index in [-0.39, 0.29) is 6.04 Å². The summed E-state index contributed by atoms with van der Waals surface area (Å²) in [4.78, 5) is 1.30. The van der Waals surface area contributed by atoms with Gasteiger partial charge < -0.3 is 5.73 Å². The predicted octanol–water partition coefficient (Wildman–Crippen LogP) is 4.51. The summed E-state index contributed by atoms with van der Waals surface area (Å²) < 4.78 is 0. The SMILES string of the molecule is CCCCSc1cc(Cl)ccc1CC(N)CC. The number of hydrogen-bond acceptors (Lipinski definition) is 2. The second kappa shape index (κ2) is 8.02. The zero-order chi connectivity index (χ0) is 12.7. The van der Waals surface area contributed by atoms with Crippen molar-refractivity contribution in [1.29, 1.82) is 0 Å². The average Bonchev–Trinajstić information content (AvgIpc) is 2.32. The van der Waals surface area contributed by atoms with Gasteiger partial charge in [-0.2, -0.15) is 0 Å². The van der Waals surface area contributed by atoms with E-state index >= 15 is 0 Å². The zero-order valence-electron chi connectivity index (χ0n) is 10.7. The van der Waals surface area contributed by atoms with Crippen LogP contribution in [0.15, 0.2) is 23.1 Å². The molecule has 0 amide bonds. The van der Waals surface area contributed by atoms with Crippen LogP contribution >= 0.6 is 23.4 Å². The molecule has 0 radical (unpaired) electrons. The lowest BCUT2D eigenvalue weighted by Crippen LogP contribution is -2.21. The molecule has 0 spiro atoms. The number of benzene rings is 1. The van der Waals surface area contributed by atoms with Crippen LogP contribution in [0.5, 0.6) is 0 Å². The van der Waals surface area contributed by atoms with Crippen molar-refractivity contribution in [2.24, 2.45) is 5.73 Å². The van der Waals surface area contributed by atoms with Gasteiger partial charge in [-0.25, -0.2) is 0 Å². The Morgan fingerprint density at radius 1 is 1.35 bits per heavy atom. The lowest BCUT2D eigenvalue weighted by atomic mass is 10.1. The van der Waals surface area contributed by atoms with Gasteiger partial charge in [0, 0.05) is 16.0 Å². The Kier molecular flexibility index (Phi) is 7.02. The van der Waals surface area contributed by atoms with Crippen LogP contribution in [-0.4, -0.2) is 11.8 Å². The fourth-order valence-electron chi connectivity index (χ4n) is 1.58. The molecule has 1 nitrogen and oxygen atoms in total. The molecule has 0 aromatic heterocycles. The van der Waals surface area contributed by atoms with Crippen LogP contribution < -0.4 is 5.73 Å². The standard InChI is InChI=1S/C14H22ClNS/c1-3-5-8-17-14-10-12(15)7-6-11(14)9-13(16)4-2/h6-7,10,13H,3-5,8-9,16H2,1-2H3. The molecule has 0 aliphatic heterocycles. The highest BCUT2D eigenvalue weighted by atomic mass is 35.5. The van der Waals surface area contributed by atoms with Gasteiger partial charge in [0.05, 0.1) is 0 Å². The van der Waals surface area contributed by atoms with Gasteiger partial charge in [-0.1, -0.05) is 37.9 Å². The van der Waals surface area contributed by atoms with Crippen LogP contribution in [0.1, 0.15) is 38.7 Å². The van der Waals surface area contributed by atoms with Gasteiger partial charge in [0.15, 0.2) is 0 Å². The first kappa shape index (κ1) is 14.9. The summed E-state index contributed by atoms with van der Waals surface area (Å²) in [5.74, 6) is 1.16. The Morgan fingerprint density at radius 3 is 2.76 bits per heavy atom. The lowest BCUT2D eigenvalue weighted by molar-refractivity contribution is 0.641. The van der Waals surface area contributed by atoms with Crippen molar-refractivity contribution in [2.75, 3.05) is 5.75 Å². The van der Waals surface area contributed by atoms with Crippen LogP contribution in [0.3, 0.4) is 0 Å². The molecule has 17 heavy (non-hydrogen) atoms. The molecule has 0 heterocycles. The van der Waals surface area contributed by atoms with Gasteiger partial charge in [-0.15, -0.1) is 11.8 Å². The van der Waals surface area contributed by atoms with Crippen molar-refractivity contribution < 1.29 is 0 Å². The normalized spacial score (nSPS) is 12.7.